The van der Waals surface area contributed by atoms with Crippen LogP contribution in [0, 0.1) is 17.5 Å². The first kappa shape index (κ1) is 14.4. The number of piperazine rings is 1. The zero-order valence-electron chi connectivity index (χ0n) is 10.9. The fourth-order valence-corrected chi connectivity index (χ4v) is 2.25. The van der Waals surface area contributed by atoms with Crippen molar-refractivity contribution >= 4 is 17.5 Å². The number of carbonyl (C=O) groups is 2. The van der Waals surface area contributed by atoms with Gasteiger partial charge in [0, 0.05) is 12.1 Å². The van der Waals surface area contributed by atoms with E-state index in [0.717, 1.165) is 4.90 Å². The Morgan fingerprint density at radius 3 is 2.25 bits per heavy atom. The maximum Gasteiger partial charge on any atom is 0.250 e. The van der Waals surface area contributed by atoms with Crippen LogP contribution in [0.25, 0.3) is 0 Å². The van der Waals surface area contributed by atoms with Gasteiger partial charge in [-0.25, -0.2) is 13.2 Å². The molecule has 2 rings (SSSR count). The van der Waals surface area contributed by atoms with Crippen LogP contribution >= 0.6 is 0 Å². The minimum atomic E-state index is -1.21. The third-order valence-corrected chi connectivity index (χ3v) is 3.19. The molecule has 4 nitrogen and oxygen atoms in total. The van der Waals surface area contributed by atoms with Crippen molar-refractivity contribution in [3.05, 3.63) is 29.6 Å². The molecule has 108 valence electrons. The maximum atomic E-state index is 13.8. The third-order valence-electron chi connectivity index (χ3n) is 3.19. The summed E-state index contributed by atoms with van der Waals surface area (Å²) in [4.78, 5) is 24.7. The molecule has 2 amide bonds. The summed E-state index contributed by atoms with van der Waals surface area (Å²) in [5.74, 6) is -4.64. The number of anilines is 1. The fraction of sp³-hybridized carbons (Fsp3) is 0.385. The molecule has 7 heteroatoms. The molecular weight excluding hydrogens is 273 g/mol. The monoisotopic (exact) mass is 286 g/mol. The molecule has 1 saturated heterocycles. The van der Waals surface area contributed by atoms with Crippen molar-refractivity contribution < 1.29 is 22.8 Å². The van der Waals surface area contributed by atoms with Gasteiger partial charge in [-0.05, 0) is 13.3 Å². The van der Waals surface area contributed by atoms with E-state index in [9.17, 15) is 22.8 Å². The first-order valence-corrected chi connectivity index (χ1v) is 6.14. The largest absolute Gasteiger partial charge is 0.343 e. The standard InChI is InChI=1S/C13H13F3N2O2/c1-3-10-12(19)17-6(2)13(20)18(10)11-8(15)4-7(14)5-9(11)16/h4-6,10H,3H2,1-2H3,(H,17,19). The number of nitrogens with one attached hydrogen (secondary N) is 1. The highest BCUT2D eigenvalue weighted by molar-refractivity contribution is 6.08. The molecule has 0 bridgehead atoms. The number of benzene rings is 1. The molecule has 1 aliphatic rings. The molecule has 2 unspecified atom stereocenters. The van der Waals surface area contributed by atoms with Gasteiger partial charge in [-0.15, -0.1) is 0 Å². The lowest BCUT2D eigenvalue weighted by Crippen LogP contribution is -2.63. The summed E-state index contributed by atoms with van der Waals surface area (Å²) >= 11 is 0. The molecule has 1 aliphatic heterocycles. The van der Waals surface area contributed by atoms with Crippen molar-refractivity contribution in [1.82, 2.24) is 5.32 Å². The predicted octanol–water partition coefficient (Wildman–Crippen LogP) is 1.73. The second-order valence-electron chi connectivity index (χ2n) is 4.58. The van der Waals surface area contributed by atoms with Crippen LogP contribution in [0.1, 0.15) is 20.3 Å². The molecule has 0 saturated carbocycles. The average molecular weight is 286 g/mol. The van der Waals surface area contributed by atoms with Crippen molar-refractivity contribution in [2.75, 3.05) is 4.90 Å². The molecule has 1 aromatic rings. The summed E-state index contributed by atoms with van der Waals surface area (Å²) in [6.07, 6.45) is 0.181. The Bertz CT molecular complexity index is 554. The summed E-state index contributed by atoms with van der Waals surface area (Å²) in [7, 11) is 0. The summed E-state index contributed by atoms with van der Waals surface area (Å²) in [6, 6.07) is -0.951. The number of carbonyl (C=O) groups excluding carboxylic acids is 2. The zero-order chi connectivity index (χ0) is 15.0. The minimum absolute atomic E-state index is 0.181. The SMILES string of the molecule is CCC1C(=O)NC(C)C(=O)N1c1c(F)cc(F)cc1F. The van der Waals surface area contributed by atoms with Gasteiger partial charge in [-0.2, -0.15) is 0 Å². The summed E-state index contributed by atoms with van der Waals surface area (Å²) in [5, 5.41) is 2.43. The average Bonchev–Trinajstić information content (AvgIpc) is 2.34. The Hall–Kier alpha value is -2.05. The van der Waals surface area contributed by atoms with Crippen LogP contribution in [0.15, 0.2) is 12.1 Å². The highest BCUT2D eigenvalue weighted by Crippen LogP contribution is 2.29. The van der Waals surface area contributed by atoms with Crippen LogP contribution in [-0.2, 0) is 9.59 Å². The van der Waals surface area contributed by atoms with E-state index in [0.29, 0.717) is 12.1 Å². The van der Waals surface area contributed by atoms with Crippen LogP contribution in [0.4, 0.5) is 18.9 Å². The van der Waals surface area contributed by atoms with Crippen molar-refractivity contribution in [3.63, 3.8) is 0 Å². The Morgan fingerprint density at radius 2 is 1.75 bits per heavy atom. The van der Waals surface area contributed by atoms with E-state index in [1.54, 1.807) is 6.92 Å². The quantitative estimate of drug-likeness (QED) is 0.900. The molecule has 1 aromatic carbocycles. The van der Waals surface area contributed by atoms with Gasteiger partial charge in [0.2, 0.25) is 11.8 Å². The molecular formula is C13H13F3N2O2. The lowest BCUT2D eigenvalue weighted by molar-refractivity contribution is -0.133. The molecule has 0 radical (unpaired) electrons. The van der Waals surface area contributed by atoms with Crippen LogP contribution in [-0.4, -0.2) is 23.9 Å². The van der Waals surface area contributed by atoms with E-state index in [1.807, 2.05) is 0 Å². The fourth-order valence-electron chi connectivity index (χ4n) is 2.25. The maximum absolute atomic E-state index is 13.8. The van der Waals surface area contributed by atoms with E-state index in [2.05, 4.69) is 5.32 Å². The van der Waals surface area contributed by atoms with Gasteiger partial charge >= 0.3 is 0 Å². The minimum Gasteiger partial charge on any atom is -0.343 e. The number of rotatable bonds is 2. The normalized spacial score (nSPS) is 22.9. The topological polar surface area (TPSA) is 49.4 Å². The van der Waals surface area contributed by atoms with Crippen molar-refractivity contribution in [3.8, 4) is 0 Å². The van der Waals surface area contributed by atoms with Gasteiger partial charge in [-0.3, -0.25) is 14.5 Å². The number of hydrogen-bond donors (Lipinski definition) is 1. The number of halogens is 3. The molecule has 1 N–H and O–H groups in total. The number of amides is 2. The number of hydrogen-bond acceptors (Lipinski definition) is 2. The van der Waals surface area contributed by atoms with Crippen molar-refractivity contribution in [1.29, 1.82) is 0 Å². The Morgan fingerprint density at radius 1 is 1.20 bits per heavy atom. The van der Waals surface area contributed by atoms with Gasteiger partial charge in [-0.1, -0.05) is 6.92 Å². The first-order chi connectivity index (χ1) is 9.36. The third kappa shape index (κ3) is 2.23. The summed E-state index contributed by atoms with van der Waals surface area (Å²) in [5.41, 5.74) is -0.690. The summed E-state index contributed by atoms with van der Waals surface area (Å²) < 4.78 is 40.6. The highest BCUT2D eigenvalue weighted by atomic mass is 19.1. The van der Waals surface area contributed by atoms with Gasteiger partial charge in [0.25, 0.3) is 0 Å². The van der Waals surface area contributed by atoms with E-state index in [-0.39, 0.29) is 6.42 Å². The van der Waals surface area contributed by atoms with E-state index >= 15 is 0 Å². The van der Waals surface area contributed by atoms with Crippen LogP contribution < -0.4 is 10.2 Å². The van der Waals surface area contributed by atoms with Gasteiger partial charge in [0.05, 0.1) is 0 Å². The second-order valence-corrected chi connectivity index (χ2v) is 4.58. The highest BCUT2D eigenvalue weighted by Gasteiger charge is 2.40. The number of nitrogens with zero attached hydrogens (tertiary/aromatic N) is 1. The molecule has 1 fully saturated rings. The van der Waals surface area contributed by atoms with E-state index < -0.39 is 47.0 Å². The van der Waals surface area contributed by atoms with Crippen LogP contribution in [0.3, 0.4) is 0 Å². The Labute approximate surface area is 113 Å². The first-order valence-electron chi connectivity index (χ1n) is 6.14. The molecule has 0 aliphatic carbocycles. The van der Waals surface area contributed by atoms with Gasteiger partial charge in [0.1, 0.15) is 23.6 Å². The molecule has 0 spiro atoms. The van der Waals surface area contributed by atoms with Crippen molar-refractivity contribution in [2.45, 2.75) is 32.4 Å². The predicted molar refractivity (Wildman–Crippen MR) is 65.5 cm³/mol. The van der Waals surface area contributed by atoms with Crippen LogP contribution in [0.2, 0.25) is 0 Å². The van der Waals surface area contributed by atoms with E-state index in [4.69, 9.17) is 0 Å². The van der Waals surface area contributed by atoms with E-state index in [1.165, 1.54) is 6.92 Å². The molecule has 2 atom stereocenters. The van der Waals surface area contributed by atoms with Gasteiger partial charge < -0.3 is 5.32 Å². The summed E-state index contributed by atoms with van der Waals surface area (Å²) in [6.45, 7) is 3.03. The smallest absolute Gasteiger partial charge is 0.250 e. The lowest BCUT2D eigenvalue weighted by Gasteiger charge is -2.37. The second kappa shape index (κ2) is 5.15. The Kier molecular flexibility index (Phi) is 3.69. The molecule has 20 heavy (non-hydrogen) atoms. The Balaban J connectivity index is 2.58. The van der Waals surface area contributed by atoms with Crippen LogP contribution in [0.5, 0.6) is 0 Å². The molecule has 0 aromatic heterocycles. The lowest BCUT2D eigenvalue weighted by atomic mass is 10.0. The van der Waals surface area contributed by atoms with Gasteiger partial charge in [0.15, 0.2) is 11.6 Å². The zero-order valence-corrected chi connectivity index (χ0v) is 10.9. The van der Waals surface area contributed by atoms with Crippen molar-refractivity contribution in [2.24, 2.45) is 0 Å². The molecule has 1 heterocycles.